The van der Waals surface area contributed by atoms with E-state index in [1.54, 1.807) is 0 Å². The van der Waals surface area contributed by atoms with E-state index in [0.717, 1.165) is 17.9 Å². The Bertz CT molecular complexity index is 258. The van der Waals surface area contributed by atoms with E-state index in [2.05, 4.69) is 33.0 Å². The minimum atomic E-state index is 0.122. The SMILES string of the molecule is CC(C)CC(CNC1CC1)CC1CCC(C)(C)O1. The van der Waals surface area contributed by atoms with E-state index < -0.39 is 0 Å². The summed E-state index contributed by atoms with van der Waals surface area (Å²) in [6, 6.07) is 0.834. The zero-order chi connectivity index (χ0) is 13.2. The van der Waals surface area contributed by atoms with Crippen molar-refractivity contribution in [2.75, 3.05) is 6.54 Å². The molecule has 0 radical (unpaired) electrons. The largest absolute Gasteiger partial charge is 0.372 e. The van der Waals surface area contributed by atoms with Gasteiger partial charge in [-0.1, -0.05) is 13.8 Å². The summed E-state index contributed by atoms with van der Waals surface area (Å²) in [5.41, 5.74) is 0.122. The van der Waals surface area contributed by atoms with Crippen molar-refractivity contribution in [2.45, 2.75) is 84.0 Å². The lowest BCUT2D eigenvalue weighted by atomic mass is 9.91. The van der Waals surface area contributed by atoms with Crippen molar-refractivity contribution in [1.29, 1.82) is 0 Å². The van der Waals surface area contributed by atoms with Gasteiger partial charge in [0.25, 0.3) is 0 Å². The maximum absolute atomic E-state index is 6.16. The molecule has 2 nitrogen and oxygen atoms in total. The van der Waals surface area contributed by atoms with Gasteiger partial charge in [0.15, 0.2) is 0 Å². The van der Waals surface area contributed by atoms with Crippen LogP contribution in [0, 0.1) is 11.8 Å². The smallest absolute Gasteiger partial charge is 0.0631 e. The van der Waals surface area contributed by atoms with Gasteiger partial charge < -0.3 is 10.1 Å². The Morgan fingerprint density at radius 3 is 2.44 bits per heavy atom. The molecule has 0 spiro atoms. The number of hydrogen-bond donors (Lipinski definition) is 1. The first-order chi connectivity index (χ1) is 8.44. The van der Waals surface area contributed by atoms with Crippen LogP contribution in [0.5, 0.6) is 0 Å². The Hall–Kier alpha value is -0.0800. The van der Waals surface area contributed by atoms with Crippen molar-refractivity contribution in [1.82, 2.24) is 5.32 Å². The highest BCUT2D eigenvalue weighted by molar-refractivity contribution is 4.85. The monoisotopic (exact) mass is 253 g/mol. The predicted octanol–water partition coefficient (Wildman–Crippen LogP) is 3.75. The molecule has 2 fully saturated rings. The lowest BCUT2D eigenvalue weighted by Crippen LogP contribution is -2.29. The summed E-state index contributed by atoms with van der Waals surface area (Å²) < 4.78 is 6.16. The van der Waals surface area contributed by atoms with Gasteiger partial charge in [0.2, 0.25) is 0 Å². The van der Waals surface area contributed by atoms with Crippen molar-refractivity contribution in [3.05, 3.63) is 0 Å². The van der Waals surface area contributed by atoms with E-state index in [4.69, 9.17) is 4.74 Å². The van der Waals surface area contributed by atoms with Gasteiger partial charge in [-0.3, -0.25) is 0 Å². The van der Waals surface area contributed by atoms with Crippen molar-refractivity contribution >= 4 is 0 Å². The highest BCUT2D eigenvalue weighted by Gasteiger charge is 2.33. The van der Waals surface area contributed by atoms with E-state index in [-0.39, 0.29) is 5.60 Å². The highest BCUT2D eigenvalue weighted by atomic mass is 16.5. The van der Waals surface area contributed by atoms with Crippen LogP contribution in [0.1, 0.15) is 66.2 Å². The molecule has 1 aliphatic heterocycles. The van der Waals surface area contributed by atoms with Crippen LogP contribution in [0.2, 0.25) is 0 Å². The minimum absolute atomic E-state index is 0.122. The highest BCUT2D eigenvalue weighted by Crippen LogP contribution is 2.33. The van der Waals surface area contributed by atoms with Gasteiger partial charge in [-0.2, -0.15) is 0 Å². The minimum Gasteiger partial charge on any atom is -0.372 e. The quantitative estimate of drug-likeness (QED) is 0.746. The van der Waals surface area contributed by atoms with Crippen LogP contribution in [0.3, 0.4) is 0 Å². The second kappa shape index (κ2) is 5.92. The average Bonchev–Trinajstić information content (AvgIpc) is 3.00. The van der Waals surface area contributed by atoms with E-state index >= 15 is 0 Å². The van der Waals surface area contributed by atoms with Crippen molar-refractivity contribution in [3.8, 4) is 0 Å². The molecule has 1 heterocycles. The van der Waals surface area contributed by atoms with Gasteiger partial charge in [0.1, 0.15) is 0 Å². The Morgan fingerprint density at radius 1 is 1.22 bits per heavy atom. The molecule has 2 unspecified atom stereocenters. The zero-order valence-corrected chi connectivity index (χ0v) is 12.7. The van der Waals surface area contributed by atoms with Crippen LogP contribution < -0.4 is 5.32 Å². The third-order valence-corrected chi connectivity index (χ3v) is 4.23. The van der Waals surface area contributed by atoms with E-state index in [1.807, 2.05) is 0 Å². The van der Waals surface area contributed by atoms with Crippen molar-refractivity contribution < 1.29 is 4.74 Å². The lowest BCUT2D eigenvalue weighted by molar-refractivity contribution is -0.0255. The van der Waals surface area contributed by atoms with E-state index in [1.165, 1.54) is 45.1 Å². The Labute approximate surface area is 113 Å². The molecule has 0 bridgehead atoms. The molecule has 1 saturated carbocycles. The summed E-state index contributed by atoms with van der Waals surface area (Å²) in [5, 5.41) is 3.70. The molecule has 2 atom stereocenters. The Kier molecular flexibility index (Phi) is 4.71. The predicted molar refractivity (Wildman–Crippen MR) is 76.8 cm³/mol. The molecule has 2 rings (SSSR count). The summed E-state index contributed by atoms with van der Waals surface area (Å²) in [6.07, 6.45) is 8.35. The second-order valence-electron chi connectivity index (χ2n) is 7.45. The van der Waals surface area contributed by atoms with E-state index in [0.29, 0.717) is 6.10 Å². The van der Waals surface area contributed by atoms with Crippen LogP contribution >= 0.6 is 0 Å². The molecule has 18 heavy (non-hydrogen) atoms. The Morgan fingerprint density at radius 2 is 1.94 bits per heavy atom. The number of nitrogens with one attached hydrogen (secondary N) is 1. The fraction of sp³-hybridized carbons (Fsp3) is 1.00. The first-order valence-corrected chi connectivity index (χ1v) is 7.86. The fourth-order valence-corrected chi connectivity index (χ4v) is 3.17. The third kappa shape index (κ3) is 4.89. The molecule has 0 aromatic carbocycles. The van der Waals surface area contributed by atoms with Gasteiger partial charge in [-0.15, -0.1) is 0 Å². The first kappa shape index (κ1) is 14.3. The molecule has 0 aromatic heterocycles. The number of hydrogen-bond acceptors (Lipinski definition) is 2. The van der Waals surface area contributed by atoms with Crippen LogP contribution in [-0.2, 0) is 4.74 Å². The molecule has 0 aromatic rings. The van der Waals surface area contributed by atoms with Crippen molar-refractivity contribution in [3.63, 3.8) is 0 Å². The fourth-order valence-electron chi connectivity index (χ4n) is 3.17. The molecule has 0 amide bonds. The topological polar surface area (TPSA) is 21.3 Å². The van der Waals surface area contributed by atoms with Crippen LogP contribution in [-0.4, -0.2) is 24.3 Å². The summed E-state index contributed by atoms with van der Waals surface area (Å²) in [6.45, 7) is 10.3. The molecule has 1 N–H and O–H groups in total. The molecule has 2 heteroatoms. The standard InChI is InChI=1S/C16H31NO/c1-12(2)9-13(11-17-14-5-6-14)10-15-7-8-16(3,4)18-15/h12-15,17H,5-11H2,1-4H3. The molecular weight excluding hydrogens is 222 g/mol. The van der Waals surface area contributed by atoms with Crippen molar-refractivity contribution in [2.24, 2.45) is 11.8 Å². The van der Waals surface area contributed by atoms with Gasteiger partial charge >= 0.3 is 0 Å². The Balaban J connectivity index is 1.76. The van der Waals surface area contributed by atoms with Gasteiger partial charge in [0.05, 0.1) is 11.7 Å². The average molecular weight is 253 g/mol. The maximum atomic E-state index is 6.16. The third-order valence-electron chi connectivity index (χ3n) is 4.23. The number of ether oxygens (including phenoxy) is 1. The van der Waals surface area contributed by atoms with Gasteiger partial charge in [-0.05, 0) is 70.8 Å². The normalized spacial score (nSPS) is 28.8. The zero-order valence-electron chi connectivity index (χ0n) is 12.7. The van der Waals surface area contributed by atoms with Crippen LogP contribution in [0.25, 0.3) is 0 Å². The molecule has 2 aliphatic rings. The maximum Gasteiger partial charge on any atom is 0.0631 e. The first-order valence-electron chi connectivity index (χ1n) is 7.86. The van der Waals surface area contributed by atoms with Gasteiger partial charge in [-0.25, -0.2) is 0 Å². The summed E-state index contributed by atoms with van der Waals surface area (Å²) >= 11 is 0. The summed E-state index contributed by atoms with van der Waals surface area (Å²) in [5.74, 6) is 1.59. The summed E-state index contributed by atoms with van der Waals surface area (Å²) in [4.78, 5) is 0. The lowest BCUT2D eigenvalue weighted by Gasteiger charge is -2.25. The number of rotatable bonds is 7. The molecule has 1 aliphatic carbocycles. The molecular formula is C16H31NO. The second-order valence-corrected chi connectivity index (χ2v) is 7.45. The van der Waals surface area contributed by atoms with E-state index in [9.17, 15) is 0 Å². The van der Waals surface area contributed by atoms with Crippen LogP contribution in [0.15, 0.2) is 0 Å². The molecule has 1 saturated heterocycles. The summed E-state index contributed by atoms with van der Waals surface area (Å²) in [7, 11) is 0. The van der Waals surface area contributed by atoms with Crippen LogP contribution in [0.4, 0.5) is 0 Å². The van der Waals surface area contributed by atoms with Gasteiger partial charge in [0, 0.05) is 6.04 Å². The molecule has 106 valence electrons.